The van der Waals surface area contributed by atoms with E-state index in [0.29, 0.717) is 17.7 Å². The third kappa shape index (κ3) is 3.87. The summed E-state index contributed by atoms with van der Waals surface area (Å²) in [7, 11) is 0. The number of hydrogen-bond donors (Lipinski definition) is 1. The van der Waals surface area contributed by atoms with Crippen molar-refractivity contribution in [2.24, 2.45) is 0 Å². The molecule has 0 aliphatic heterocycles. The van der Waals surface area contributed by atoms with E-state index in [9.17, 15) is 28.4 Å². The van der Waals surface area contributed by atoms with E-state index < -0.39 is 51.2 Å². The maximum atomic E-state index is 14.4. The van der Waals surface area contributed by atoms with E-state index in [0.717, 1.165) is 12.5 Å². The van der Waals surface area contributed by atoms with E-state index in [4.69, 9.17) is 0 Å². The van der Waals surface area contributed by atoms with Crippen LogP contribution in [0.1, 0.15) is 42.4 Å². The quantitative estimate of drug-likeness (QED) is 0.373. The van der Waals surface area contributed by atoms with E-state index >= 15 is 0 Å². The van der Waals surface area contributed by atoms with Crippen molar-refractivity contribution >= 4 is 11.5 Å². The number of rotatable bonds is 5. The van der Waals surface area contributed by atoms with Gasteiger partial charge in [0.05, 0.1) is 11.8 Å². The highest BCUT2D eigenvalue weighted by Gasteiger charge is 2.39. The normalized spacial score (nSPS) is 14.5. The minimum absolute atomic E-state index is 0.393. The molecule has 0 radical (unpaired) electrons. The Morgan fingerprint density at radius 3 is 1.96 bits per heavy atom. The first-order valence-corrected chi connectivity index (χ1v) is 7.84. The number of nitrogens with zero attached hydrogens (tertiary/aromatic N) is 1. The smallest absolute Gasteiger partial charge is 0.227 e. The molecule has 0 saturated carbocycles. The van der Waals surface area contributed by atoms with Crippen molar-refractivity contribution < 1.29 is 28.1 Å². The van der Waals surface area contributed by atoms with E-state index in [1.54, 1.807) is 24.3 Å². The van der Waals surface area contributed by atoms with E-state index in [2.05, 4.69) is 0 Å². The van der Waals surface area contributed by atoms with Crippen molar-refractivity contribution in [2.75, 3.05) is 0 Å². The first-order chi connectivity index (χ1) is 12.1. The average molecular weight is 365 g/mol. The summed E-state index contributed by atoms with van der Waals surface area (Å²) < 4.78 is 42.0. The van der Waals surface area contributed by atoms with Gasteiger partial charge in [0, 0.05) is 29.5 Å². The van der Waals surface area contributed by atoms with Crippen LogP contribution in [-0.2, 0) is 4.79 Å². The highest BCUT2D eigenvalue weighted by Crippen LogP contribution is 2.38. The number of hydrogen-bond acceptors (Lipinski definition) is 3. The van der Waals surface area contributed by atoms with Crippen LogP contribution in [-0.4, -0.2) is 21.6 Å². The van der Waals surface area contributed by atoms with Crippen LogP contribution in [0, 0.1) is 29.6 Å². The third-order valence-corrected chi connectivity index (χ3v) is 4.31. The molecule has 0 bridgehead atoms. The molecule has 4 nitrogen and oxygen atoms in total. The second-order valence-electron chi connectivity index (χ2n) is 6.17. The Labute approximate surface area is 148 Å². The second-order valence-corrected chi connectivity index (χ2v) is 6.17. The monoisotopic (exact) mass is 365 g/mol. The number of Topliss-reactive ketones (excluding diaryl/α,β-unsaturated/α-hetero) is 1. The summed E-state index contributed by atoms with van der Waals surface area (Å²) in [5, 5.41) is 20.8. The van der Waals surface area contributed by atoms with Crippen molar-refractivity contribution in [1.29, 1.82) is 0 Å². The van der Waals surface area contributed by atoms with Crippen molar-refractivity contribution in [3.05, 3.63) is 75.7 Å². The van der Waals surface area contributed by atoms with Crippen LogP contribution >= 0.6 is 0 Å². The largest absolute Gasteiger partial charge is 0.418 e. The molecule has 2 aromatic rings. The zero-order chi connectivity index (χ0) is 19.6. The number of benzene rings is 2. The van der Waals surface area contributed by atoms with Gasteiger partial charge in [-0.25, -0.2) is 13.2 Å². The lowest BCUT2D eigenvalue weighted by Gasteiger charge is -2.24. The summed E-state index contributed by atoms with van der Waals surface area (Å²) in [4.78, 5) is 11.8. The van der Waals surface area contributed by atoms with Gasteiger partial charge >= 0.3 is 0 Å². The fourth-order valence-electron chi connectivity index (χ4n) is 3.02. The molecule has 2 rings (SSSR count). The zero-order valence-electron chi connectivity index (χ0n) is 14.5. The fourth-order valence-corrected chi connectivity index (χ4v) is 3.02. The maximum Gasteiger partial charge on any atom is 0.227 e. The molecule has 26 heavy (non-hydrogen) atoms. The number of aryl methyl sites for hydroxylation is 1. The topological polar surface area (TPSA) is 63.4 Å². The Bertz CT molecular complexity index is 836. The van der Waals surface area contributed by atoms with Gasteiger partial charge in [-0.1, -0.05) is 29.8 Å². The van der Waals surface area contributed by atoms with Crippen LogP contribution in [0.25, 0.3) is 0 Å². The molecule has 0 amide bonds. The molecule has 2 atom stereocenters. The predicted molar refractivity (Wildman–Crippen MR) is 89.8 cm³/mol. The van der Waals surface area contributed by atoms with Crippen molar-refractivity contribution in [2.45, 2.75) is 32.6 Å². The van der Waals surface area contributed by atoms with Crippen molar-refractivity contribution in [3.63, 3.8) is 0 Å². The van der Waals surface area contributed by atoms with Gasteiger partial charge in [0.2, 0.25) is 5.71 Å². The Morgan fingerprint density at radius 1 is 1.04 bits per heavy atom. The predicted octanol–water partition coefficient (Wildman–Crippen LogP) is 4.23. The van der Waals surface area contributed by atoms with Gasteiger partial charge in [0.1, 0.15) is 23.2 Å². The van der Waals surface area contributed by atoms with Crippen LogP contribution in [0.4, 0.5) is 13.2 Å². The van der Waals surface area contributed by atoms with Gasteiger partial charge in [-0.05, 0) is 19.4 Å². The molecular formula is C19H18F3NO3. The molecule has 138 valence electrons. The number of halogens is 3. The molecule has 2 unspecified atom stereocenters. The summed E-state index contributed by atoms with van der Waals surface area (Å²) in [5.74, 6) is -6.67. The highest BCUT2D eigenvalue weighted by atomic mass is 19.1. The third-order valence-electron chi connectivity index (χ3n) is 4.31. The van der Waals surface area contributed by atoms with E-state index in [1.165, 1.54) is 6.92 Å². The Kier molecular flexibility index (Phi) is 5.69. The van der Waals surface area contributed by atoms with Crippen LogP contribution in [0.3, 0.4) is 0 Å². The summed E-state index contributed by atoms with van der Waals surface area (Å²) >= 11 is 0. The second kappa shape index (κ2) is 7.59. The van der Waals surface area contributed by atoms with Gasteiger partial charge in [0.15, 0.2) is 0 Å². The van der Waals surface area contributed by atoms with E-state index in [1.807, 2.05) is 6.92 Å². The van der Waals surface area contributed by atoms with Crippen LogP contribution in [0.15, 0.2) is 36.4 Å². The molecule has 1 N–H and O–H groups in total. The SMILES string of the molecule is CC(=O)C(c1ccc(C)cc1)C(/C(C)=[N+](\[O-])O)c1c(F)cc(F)cc1F. The molecule has 0 spiro atoms. The summed E-state index contributed by atoms with van der Waals surface area (Å²) in [6, 6.07) is 7.57. The van der Waals surface area contributed by atoms with E-state index in [-0.39, 0.29) is 0 Å². The van der Waals surface area contributed by atoms with Gasteiger partial charge in [-0.2, -0.15) is 0 Å². The molecule has 0 saturated heterocycles. The standard InChI is InChI=1S/C19H18F3NO3/c1-10-4-6-13(7-5-10)18(12(3)24)17(11(2)23(25)26)19-15(21)8-14(20)9-16(19)22/h4-9,17-18H,1-3H3,(H,25,26). The minimum atomic E-state index is -1.45. The molecule has 2 aromatic carbocycles. The number of carbonyl (C=O) groups excluding carboxylic acids is 1. The molecule has 0 aliphatic rings. The zero-order valence-corrected chi connectivity index (χ0v) is 14.5. The van der Waals surface area contributed by atoms with Crippen LogP contribution in [0.5, 0.6) is 0 Å². The Morgan fingerprint density at radius 2 is 1.54 bits per heavy atom. The summed E-state index contributed by atoms with van der Waals surface area (Å²) in [5.41, 5.74) is 0.271. The lowest BCUT2D eigenvalue weighted by atomic mass is 9.76. The minimum Gasteiger partial charge on any atom is -0.418 e. The molecular weight excluding hydrogens is 347 g/mol. The lowest BCUT2D eigenvalue weighted by molar-refractivity contribution is -0.727. The number of ketones is 1. The first-order valence-electron chi connectivity index (χ1n) is 7.84. The molecule has 0 aromatic heterocycles. The van der Waals surface area contributed by atoms with Crippen molar-refractivity contribution in [1.82, 2.24) is 0 Å². The molecule has 0 fully saturated rings. The van der Waals surface area contributed by atoms with Crippen LogP contribution < -0.4 is 0 Å². The molecule has 7 heteroatoms. The molecule has 0 heterocycles. The first kappa shape index (κ1) is 19.5. The van der Waals surface area contributed by atoms with Gasteiger partial charge in [0.25, 0.3) is 0 Å². The highest BCUT2D eigenvalue weighted by molar-refractivity contribution is 5.95. The van der Waals surface area contributed by atoms with Gasteiger partial charge in [-0.15, -0.1) is 0 Å². The lowest BCUT2D eigenvalue weighted by Crippen LogP contribution is -2.29. The Hall–Kier alpha value is -2.83. The summed E-state index contributed by atoms with van der Waals surface area (Å²) in [6.45, 7) is 4.20. The fraction of sp³-hybridized carbons (Fsp3) is 0.263. The number of carbonyl (C=O) groups is 1. The average Bonchev–Trinajstić information content (AvgIpc) is 2.53. The van der Waals surface area contributed by atoms with Gasteiger partial charge < -0.3 is 5.21 Å². The molecule has 0 aliphatic carbocycles. The van der Waals surface area contributed by atoms with Gasteiger partial charge in [-0.3, -0.25) is 10.0 Å². The van der Waals surface area contributed by atoms with Crippen LogP contribution in [0.2, 0.25) is 0 Å². The maximum absolute atomic E-state index is 14.4. The van der Waals surface area contributed by atoms with Crippen molar-refractivity contribution in [3.8, 4) is 0 Å². The Balaban J connectivity index is 2.77. The summed E-state index contributed by atoms with van der Waals surface area (Å²) in [6.07, 6.45) is 0.